The normalized spacial score (nSPS) is 9.83. The van der Waals surface area contributed by atoms with E-state index < -0.39 is 11.9 Å². The maximum absolute atomic E-state index is 9.77. The maximum atomic E-state index is 9.77. The number of carbonyl (C=O) groups excluding carboxylic acids is 2. The number of hydrogen-bond acceptors (Lipinski definition) is 4. The number of carboxylic acid groups (broad SMARTS) is 2. The van der Waals surface area contributed by atoms with Gasteiger partial charge >= 0.3 is 0 Å². The van der Waals surface area contributed by atoms with Gasteiger partial charge in [0.2, 0.25) is 0 Å². The highest BCUT2D eigenvalue weighted by Crippen LogP contribution is 1.96. The third-order valence-electron chi connectivity index (χ3n) is 4.01. The Morgan fingerprint density at radius 2 is 0.792 bits per heavy atom. The topological polar surface area (TPSA) is 89.1 Å². The minimum atomic E-state index is -1.14. The molecule has 6 heteroatoms. The van der Waals surface area contributed by atoms with Crippen LogP contribution in [-0.4, -0.2) is 51.2 Å². The van der Waals surface area contributed by atoms with Gasteiger partial charge in [-0.1, -0.05) is 0 Å². The van der Waals surface area contributed by atoms with E-state index in [1.807, 2.05) is 0 Å². The van der Waals surface area contributed by atoms with Gasteiger partial charge in [0.05, 0.1) is 39.3 Å². The largest absolute Gasteiger partial charge is 0.550 e. The molecule has 0 amide bonds. The Hall–Kier alpha value is -1.14. The Bertz CT molecular complexity index is 239. The van der Waals surface area contributed by atoms with Crippen molar-refractivity contribution >= 4 is 11.9 Å². The van der Waals surface area contributed by atoms with Crippen LogP contribution in [0, 0.1) is 0 Å². The third kappa shape index (κ3) is 25.8. The first-order chi connectivity index (χ1) is 11.3. The average Bonchev–Trinajstić information content (AvgIpc) is 2.56. The van der Waals surface area contributed by atoms with Gasteiger partial charge < -0.3 is 29.6 Å². The molecule has 146 valence electrons. The molecule has 0 rings (SSSR count). The Kier molecular flexibility index (Phi) is 25.2. The molecule has 0 atom stereocenters. The maximum Gasteiger partial charge on any atom is 0.0742 e. The molecule has 24 heavy (non-hydrogen) atoms. The van der Waals surface area contributed by atoms with E-state index in [1.54, 1.807) is 9.80 Å². The molecule has 0 aliphatic rings. The number of unbranched alkanes of at least 4 members (excludes halogenated alkanes) is 1. The molecule has 0 saturated heterocycles. The van der Waals surface area contributed by atoms with Crippen molar-refractivity contribution in [3.05, 3.63) is 0 Å². The molecule has 0 bridgehead atoms. The minimum Gasteiger partial charge on any atom is -0.550 e. The van der Waals surface area contributed by atoms with Crippen LogP contribution in [0.25, 0.3) is 0 Å². The zero-order valence-corrected chi connectivity index (χ0v) is 16.7. The summed E-state index contributed by atoms with van der Waals surface area (Å²) in [6.07, 6.45) is 0.535. The Labute approximate surface area is 148 Å². The lowest BCUT2D eigenvalue weighted by atomic mass is 10.2. The first-order valence-electron chi connectivity index (χ1n) is 9.39. The van der Waals surface area contributed by atoms with Gasteiger partial charge in [-0.25, -0.2) is 0 Å². The van der Waals surface area contributed by atoms with E-state index in [0.29, 0.717) is 12.8 Å². The second-order valence-electron chi connectivity index (χ2n) is 5.57. The standard InChI is InChI=1S/2C6H15N.C6H10O4/c2*1-4-7(5-2)6-3;7-5(8)3-1-2-4-6(9)10/h2*4-6H2,1-3H3;1-4H2,(H,7,8)(H,9,10). The predicted molar refractivity (Wildman–Crippen MR) is 93.7 cm³/mol. The molecule has 2 N–H and O–H groups in total. The van der Waals surface area contributed by atoms with Crippen molar-refractivity contribution in [3.8, 4) is 0 Å². The van der Waals surface area contributed by atoms with Crippen LogP contribution in [0.2, 0.25) is 0 Å². The summed E-state index contributed by atoms with van der Waals surface area (Å²) < 4.78 is 0. The third-order valence-corrected chi connectivity index (χ3v) is 4.01. The molecular weight excluding hydrogens is 308 g/mol. The second-order valence-corrected chi connectivity index (χ2v) is 5.57. The Morgan fingerprint density at radius 3 is 0.875 bits per heavy atom. The van der Waals surface area contributed by atoms with Gasteiger partial charge in [0.1, 0.15) is 0 Å². The minimum absolute atomic E-state index is 0.0761. The highest BCUT2D eigenvalue weighted by molar-refractivity contribution is 5.65. The number of carbonyl (C=O) groups is 2. The van der Waals surface area contributed by atoms with Gasteiger partial charge in [0.15, 0.2) is 0 Å². The number of rotatable bonds is 11. The summed E-state index contributed by atoms with van der Waals surface area (Å²) in [7, 11) is 0. The zero-order valence-electron chi connectivity index (χ0n) is 16.7. The summed E-state index contributed by atoms with van der Waals surface area (Å²) in [5, 5.41) is 19.5. The van der Waals surface area contributed by atoms with Crippen LogP contribution in [0.4, 0.5) is 0 Å². The molecule has 0 aliphatic heterocycles. The van der Waals surface area contributed by atoms with Gasteiger partial charge in [0.25, 0.3) is 0 Å². The smallest absolute Gasteiger partial charge is 0.0742 e. The highest BCUT2D eigenvalue weighted by Gasteiger charge is 1.93. The SMILES string of the molecule is CC[NH+](CC)CC.CC[NH+](CC)CC.O=C([O-])CCCCC(=O)[O-]. The van der Waals surface area contributed by atoms with Gasteiger partial charge in [-0.3, -0.25) is 0 Å². The first-order valence-corrected chi connectivity index (χ1v) is 9.39. The van der Waals surface area contributed by atoms with Crippen LogP contribution in [0.1, 0.15) is 67.2 Å². The fourth-order valence-corrected chi connectivity index (χ4v) is 2.04. The number of hydrogen-bond donors (Lipinski definition) is 2. The quantitative estimate of drug-likeness (QED) is 0.419. The lowest BCUT2D eigenvalue weighted by Gasteiger charge is -2.10. The lowest BCUT2D eigenvalue weighted by molar-refractivity contribution is -0.894. The summed E-state index contributed by atoms with van der Waals surface area (Å²) in [5.74, 6) is -2.28. The molecule has 0 unspecified atom stereocenters. The van der Waals surface area contributed by atoms with Crippen molar-refractivity contribution in [2.45, 2.75) is 67.2 Å². The molecular formula is C18H40N2O4. The van der Waals surface area contributed by atoms with Crippen molar-refractivity contribution in [2.24, 2.45) is 0 Å². The van der Waals surface area contributed by atoms with Crippen molar-refractivity contribution in [1.29, 1.82) is 0 Å². The van der Waals surface area contributed by atoms with E-state index in [4.69, 9.17) is 0 Å². The van der Waals surface area contributed by atoms with Crippen LogP contribution in [0.5, 0.6) is 0 Å². The van der Waals surface area contributed by atoms with E-state index in [-0.39, 0.29) is 12.8 Å². The van der Waals surface area contributed by atoms with E-state index in [0.717, 1.165) is 0 Å². The molecule has 0 aromatic heterocycles. The first kappa shape index (κ1) is 27.7. The van der Waals surface area contributed by atoms with Gasteiger partial charge in [0, 0.05) is 11.9 Å². The lowest BCUT2D eigenvalue weighted by Crippen LogP contribution is -3.11. The van der Waals surface area contributed by atoms with E-state index >= 15 is 0 Å². The number of aliphatic carboxylic acids is 2. The molecule has 0 aromatic rings. The van der Waals surface area contributed by atoms with Crippen LogP contribution < -0.4 is 20.0 Å². The summed E-state index contributed by atoms with van der Waals surface area (Å²) in [5.41, 5.74) is 0. The summed E-state index contributed by atoms with van der Waals surface area (Å²) >= 11 is 0. The molecule has 6 nitrogen and oxygen atoms in total. The second kappa shape index (κ2) is 21.9. The van der Waals surface area contributed by atoms with Gasteiger partial charge in [-0.2, -0.15) is 0 Å². The Morgan fingerprint density at radius 1 is 0.583 bits per heavy atom. The van der Waals surface area contributed by atoms with Crippen LogP contribution >= 0.6 is 0 Å². The average molecular weight is 349 g/mol. The summed E-state index contributed by atoms with van der Waals surface area (Å²) in [4.78, 5) is 22.9. The fraction of sp³-hybridized carbons (Fsp3) is 0.889. The summed E-state index contributed by atoms with van der Waals surface area (Å²) in [6, 6.07) is 0. The van der Waals surface area contributed by atoms with E-state index in [2.05, 4.69) is 41.5 Å². The monoisotopic (exact) mass is 348 g/mol. The van der Waals surface area contributed by atoms with Crippen LogP contribution in [0.3, 0.4) is 0 Å². The molecule has 0 radical (unpaired) electrons. The number of carboxylic acids is 2. The molecule has 0 aliphatic carbocycles. The van der Waals surface area contributed by atoms with Crippen molar-refractivity contribution in [1.82, 2.24) is 0 Å². The van der Waals surface area contributed by atoms with Gasteiger partial charge in [-0.05, 0) is 67.2 Å². The van der Waals surface area contributed by atoms with Crippen molar-refractivity contribution < 1.29 is 29.6 Å². The predicted octanol–water partition coefficient (Wildman–Crippen LogP) is -2.09. The molecule has 0 aromatic carbocycles. The van der Waals surface area contributed by atoms with Crippen LogP contribution in [-0.2, 0) is 9.59 Å². The highest BCUT2D eigenvalue weighted by atomic mass is 16.4. The molecule has 0 heterocycles. The summed E-state index contributed by atoms with van der Waals surface area (Å²) in [6.45, 7) is 21.0. The number of nitrogens with one attached hydrogen (secondary N) is 2. The molecule has 0 fully saturated rings. The Balaban J connectivity index is -0.000000283. The van der Waals surface area contributed by atoms with Crippen LogP contribution in [0.15, 0.2) is 0 Å². The number of quaternary nitrogens is 2. The molecule has 0 spiro atoms. The van der Waals surface area contributed by atoms with E-state index in [9.17, 15) is 19.8 Å². The van der Waals surface area contributed by atoms with Crippen molar-refractivity contribution in [2.75, 3.05) is 39.3 Å². The molecule has 0 saturated carbocycles. The van der Waals surface area contributed by atoms with Crippen molar-refractivity contribution in [3.63, 3.8) is 0 Å². The van der Waals surface area contributed by atoms with E-state index in [1.165, 1.54) is 39.3 Å². The fourth-order valence-electron chi connectivity index (χ4n) is 2.04. The van der Waals surface area contributed by atoms with Gasteiger partial charge in [-0.15, -0.1) is 0 Å². The zero-order chi connectivity index (χ0) is 19.4.